The molecule has 172 valence electrons. The number of aliphatic imine (C=N–C) groups is 1. The summed E-state index contributed by atoms with van der Waals surface area (Å²) in [7, 11) is 3.25. The Labute approximate surface area is 197 Å². The number of amidine groups is 2. The van der Waals surface area contributed by atoms with Crippen LogP contribution in [-0.4, -0.2) is 45.7 Å². The Morgan fingerprint density at radius 3 is 2.61 bits per heavy atom. The van der Waals surface area contributed by atoms with Crippen LogP contribution in [-0.2, 0) is 4.79 Å². The van der Waals surface area contributed by atoms with Crippen LogP contribution < -0.4 is 9.47 Å². The summed E-state index contributed by atoms with van der Waals surface area (Å²) in [6.45, 7) is 8.17. The van der Waals surface area contributed by atoms with Crippen LogP contribution in [0.3, 0.4) is 0 Å². The third kappa shape index (κ3) is 4.20. The number of hydrogen-bond donors (Lipinski definition) is 1. The van der Waals surface area contributed by atoms with Gasteiger partial charge >= 0.3 is 0 Å². The zero-order valence-electron chi connectivity index (χ0n) is 19.6. The second-order valence-electron chi connectivity index (χ2n) is 8.31. The van der Waals surface area contributed by atoms with Gasteiger partial charge in [-0.3, -0.25) is 10.2 Å². The number of carbonyl (C=O) groups excluding carboxylic acids is 1. The molecule has 2 aliphatic heterocycles. The third-order valence-corrected chi connectivity index (χ3v) is 6.41. The molecule has 0 unspecified atom stereocenters. The molecule has 0 radical (unpaired) electrons. The number of nitrogens with one attached hydrogen (secondary N) is 1. The van der Waals surface area contributed by atoms with E-state index in [2.05, 4.69) is 23.9 Å². The molecule has 1 aromatic heterocycles. The lowest BCUT2D eigenvalue weighted by molar-refractivity contribution is -0.114. The average molecular weight is 466 g/mol. The molecule has 4 rings (SSSR count). The molecule has 0 fully saturated rings. The Hall–Kier alpha value is -3.33. The number of hydrogen-bond acceptors (Lipinski definition) is 6. The van der Waals surface area contributed by atoms with Gasteiger partial charge in [-0.1, -0.05) is 13.8 Å². The first kappa shape index (κ1) is 22.8. The first-order valence-corrected chi connectivity index (χ1v) is 11.5. The maximum absolute atomic E-state index is 12.8. The Morgan fingerprint density at radius 1 is 1.18 bits per heavy atom. The van der Waals surface area contributed by atoms with Gasteiger partial charge in [0.25, 0.3) is 5.91 Å². The van der Waals surface area contributed by atoms with E-state index in [1.807, 2.05) is 42.7 Å². The van der Waals surface area contributed by atoms with Gasteiger partial charge in [0, 0.05) is 23.9 Å². The van der Waals surface area contributed by atoms with Gasteiger partial charge in [-0.2, -0.15) is 15.1 Å². The van der Waals surface area contributed by atoms with Crippen LogP contribution in [0, 0.1) is 25.2 Å². The van der Waals surface area contributed by atoms with Crippen molar-refractivity contribution in [2.24, 2.45) is 16.0 Å². The van der Waals surface area contributed by atoms with Crippen molar-refractivity contribution in [2.75, 3.05) is 14.2 Å². The molecule has 0 atom stereocenters. The molecule has 2 aromatic rings. The minimum absolute atomic E-state index is 0.0417. The molecule has 0 bridgehead atoms. The summed E-state index contributed by atoms with van der Waals surface area (Å²) in [5, 5.41) is 15.9. The molecule has 1 aromatic carbocycles. The summed E-state index contributed by atoms with van der Waals surface area (Å²) >= 11 is 1.36. The van der Waals surface area contributed by atoms with Crippen LogP contribution in [0.1, 0.15) is 37.2 Å². The van der Waals surface area contributed by atoms with Crippen LogP contribution in [0.25, 0.3) is 11.8 Å². The average Bonchev–Trinajstić information content (AvgIpc) is 3.29. The maximum atomic E-state index is 12.8. The van der Waals surface area contributed by atoms with E-state index in [1.165, 1.54) is 16.8 Å². The van der Waals surface area contributed by atoms with E-state index in [0.717, 1.165) is 34.1 Å². The molecule has 1 amide bonds. The molecular formula is C24H27N5O3S. The second-order valence-corrected chi connectivity index (χ2v) is 9.35. The standard InChI is InChI=1S/C24H27N5O3S/c1-13(2)9-21-27-29-22(25)18(23(30)26-24(29)33-21)11-16-10-14(3)28(15(16)4)19-12-17(31-5)7-8-20(19)32-6/h7-8,10-13,25H,9H2,1-6H3/b18-11+,25-22?. The highest BCUT2D eigenvalue weighted by atomic mass is 32.2. The van der Waals surface area contributed by atoms with Gasteiger partial charge in [-0.05, 0) is 61.4 Å². The van der Waals surface area contributed by atoms with E-state index in [9.17, 15) is 4.79 Å². The van der Waals surface area contributed by atoms with Crippen molar-refractivity contribution in [3.05, 3.63) is 46.8 Å². The number of aryl methyl sites for hydroxylation is 1. The predicted molar refractivity (Wildman–Crippen MR) is 133 cm³/mol. The number of rotatable bonds is 6. The van der Waals surface area contributed by atoms with Crippen LogP contribution in [0.15, 0.2) is 39.9 Å². The van der Waals surface area contributed by atoms with Crippen LogP contribution in [0.5, 0.6) is 11.5 Å². The van der Waals surface area contributed by atoms with Crippen molar-refractivity contribution in [3.8, 4) is 17.2 Å². The van der Waals surface area contributed by atoms with E-state index in [-0.39, 0.29) is 11.4 Å². The van der Waals surface area contributed by atoms with Crippen LogP contribution in [0.4, 0.5) is 0 Å². The van der Waals surface area contributed by atoms with E-state index in [4.69, 9.17) is 14.9 Å². The first-order valence-electron chi connectivity index (χ1n) is 10.6. The molecule has 1 N–H and O–H groups in total. The lowest BCUT2D eigenvalue weighted by atomic mass is 10.1. The molecule has 0 spiro atoms. The van der Waals surface area contributed by atoms with Crippen molar-refractivity contribution in [1.82, 2.24) is 9.58 Å². The topological polar surface area (TPSA) is 92.3 Å². The SMILES string of the molecule is COc1ccc(OC)c(-n2c(C)cc(/C=C3\C(=N)N4N=C(CC(C)C)SC4=NC3=O)c2C)c1. The minimum atomic E-state index is -0.427. The number of ether oxygens (including phenoxy) is 2. The monoisotopic (exact) mass is 465 g/mol. The molecule has 0 saturated heterocycles. The second kappa shape index (κ2) is 8.90. The number of carbonyl (C=O) groups is 1. The zero-order valence-corrected chi connectivity index (χ0v) is 20.4. The molecule has 0 aliphatic carbocycles. The molecule has 0 saturated carbocycles. The Morgan fingerprint density at radius 2 is 1.94 bits per heavy atom. The maximum Gasteiger partial charge on any atom is 0.283 e. The summed E-state index contributed by atoms with van der Waals surface area (Å²) < 4.78 is 13.0. The fourth-order valence-corrected chi connectivity index (χ4v) is 4.99. The van der Waals surface area contributed by atoms with Crippen molar-refractivity contribution in [1.29, 1.82) is 5.41 Å². The third-order valence-electron chi connectivity index (χ3n) is 5.48. The minimum Gasteiger partial charge on any atom is -0.497 e. The quantitative estimate of drug-likeness (QED) is 0.620. The summed E-state index contributed by atoms with van der Waals surface area (Å²) in [6.07, 6.45) is 2.50. The van der Waals surface area contributed by atoms with E-state index < -0.39 is 5.91 Å². The first-order chi connectivity index (χ1) is 15.7. The highest BCUT2D eigenvalue weighted by Crippen LogP contribution is 2.34. The van der Waals surface area contributed by atoms with Gasteiger partial charge in [0.15, 0.2) is 5.84 Å². The molecule has 3 heterocycles. The smallest absolute Gasteiger partial charge is 0.283 e. The van der Waals surface area contributed by atoms with Crippen molar-refractivity contribution >= 4 is 39.8 Å². The highest BCUT2D eigenvalue weighted by Gasteiger charge is 2.35. The van der Waals surface area contributed by atoms with Gasteiger partial charge in [0.2, 0.25) is 5.17 Å². The van der Waals surface area contributed by atoms with Gasteiger partial charge in [-0.15, -0.1) is 0 Å². The van der Waals surface area contributed by atoms with Crippen LogP contribution >= 0.6 is 11.8 Å². The summed E-state index contributed by atoms with van der Waals surface area (Å²) in [6, 6.07) is 7.60. The number of thioether (sulfide) groups is 1. The Kier molecular flexibility index (Phi) is 6.16. The van der Waals surface area contributed by atoms with Gasteiger partial charge in [-0.25, -0.2) is 0 Å². The number of methoxy groups -OCH3 is 2. The van der Waals surface area contributed by atoms with E-state index in [1.54, 1.807) is 20.3 Å². The van der Waals surface area contributed by atoms with Crippen LogP contribution in [0.2, 0.25) is 0 Å². The highest BCUT2D eigenvalue weighted by molar-refractivity contribution is 8.26. The largest absolute Gasteiger partial charge is 0.497 e. The zero-order chi connectivity index (χ0) is 23.9. The summed E-state index contributed by atoms with van der Waals surface area (Å²) in [5.41, 5.74) is 3.73. The number of benzene rings is 1. The molecule has 8 nitrogen and oxygen atoms in total. The van der Waals surface area contributed by atoms with Crippen molar-refractivity contribution in [3.63, 3.8) is 0 Å². The van der Waals surface area contributed by atoms with E-state index in [0.29, 0.717) is 22.6 Å². The van der Waals surface area contributed by atoms with Crippen molar-refractivity contribution < 1.29 is 14.3 Å². The number of hydrazone groups is 1. The lowest BCUT2D eigenvalue weighted by Gasteiger charge is -2.20. The summed E-state index contributed by atoms with van der Waals surface area (Å²) in [4.78, 5) is 17.0. The lowest BCUT2D eigenvalue weighted by Crippen LogP contribution is -2.35. The molecule has 2 aliphatic rings. The van der Waals surface area contributed by atoms with Gasteiger partial charge in [0.05, 0.1) is 25.5 Å². The number of fused-ring (bicyclic) bond motifs is 1. The summed E-state index contributed by atoms with van der Waals surface area (Å²) in [5.74, 6) is 1.46. The van der Waals surface area contributed by atoms with Gasteiger partial charge < -0.3 is 14.0 Å². The Bertz CT molecular complexity index is 1240. The normalized spacial score (nSPS) is 16.9. The number of amides is 1. The molecule has 33 heavy (non-hydrogen) atoms. The predicted octanol–water partition coefficient (Wildman–Crippen LogP) is 4.78. The van der Waals surface area contributed by atoms with E-state index >= 15 is 0 Å². The number of aromatic nitrogens is 1. The Balaban J connectivity index is 1.74. The fraction of sp³-hybridized carbons (Fsp3) is 0.333. The fourth-order valence-electron chi connectivity index (χ4n) is 3.89. The molecular weight excluding hydrogens is 438 g/mol. The number of nitrogens with zero attached hydrogens (tertiary/aromatic N) is 4. The van der Waals surface area contributed by atoms with Gasteiger partial charge in [0.1, 0.15) is 16.5 Å². The van der Waals surface area contributed by atoms with Crippen molar-refractivity contribution in [2.45, 2.75) is 34.1 Å². The molecule has 9 heteroatoms.